The summed E-state index contributed by atoms with van der Waals surface area (Å²) in [5, 5.41) is 6.29. The van der Waals surface area contributed by atoms with Gasteiger partial charge >= 0.3 is 15.6 Å². The molecule has 130 valence electrons. The molecule has 4 rings (SSSR count). The van der Waals surface area contributed by atoms with Crippen LogP contribution in [0, 0.1) is 0 Å². The van der Waals surface area contributed by atoms with Gasteiger partial charge in [0, 0.05) is 23.2 Å². The van der Waals surface area contributed by atoms with Crippen LogP contribution >= 0.6 is 0 Å². The Hall–Kier alpha value is -2.48. The van der Waals surface area contributed by atoms with Gasteiger partial charge in [0.05, 0.1) is 0 Å². The van der Waals surface area contributed by atoms with E-state index in [0.717, 1.165) is 16.2 Å². The molecule has 4 nitrogen and oxygen atoms in total. The summed E-state index contributed by atoms with van der Waals surface area (Å²) in [6.45, 7) is 0.504. The maximum atomic E-state index is 12.7. The maximum absolute atomic E-state index is 12.7. The largest absolute Gasteiger partial charge is 0.534 e. The molecule has 0 saturated carbocycles. The Morgan fingerprint density at radius 2 is 1.76 bits per heavy atom. The average molecular weight is 367 g/mol. The molecule has 0 fully saturated rings. The Morgan fingerprint density at radius 3 is 2.52 bits per heavy atom. The molecule has 0 aliphatic carbocycles. The van der Waals surface area contributed by atoms with E-state index < -0.39 is 15.6 Å². The number of halogens is 3. The molecule has 8 heteroatoms. The highest BCUT2D eigenvalue weighted by Gasteiger charge is 2.49. The Morgan fingerprint density at radius 1 is 1.00 bits per heavy atom. The summed E-state index contributed by atoms with van der Waals surface area (Å²) in [6.07, 6.45) is 0.390. The minimum atomic E-state index is -5.72. The summed E-state index contributed by atoms with van der Waals surface area (Å²) in [6, 6.07) is 12.6. The first-order chi connectivity index (χ1) is 11.8. The van der Waals surface area contributed by atoms with E-state index in [-0.39, 0.29) is 5.75 Å². The first kappa shape index (κ1) is 16.0. The van der Waals surface area contributed by atoms with E-state index in [1.54, 1.807) is 0 Å². The van der Waals surface area contributed by atoms with Crippen molar-refractivity contribution >= 4 is 37.4 Å². The third-order valence-electron chi connectivity index (χ3n) is 4.27. The first-order valence-corrected chi connectivity index (χ1v) is 8.91. The molecule has 0 spiro atoms. The normalized spacial score (nSPS) is 14.5. The molecule has 3 aromatic rings. The van der Waals surface area contributed by atoms with Crippen LogP contribution in [0.15, 0.2) is 42.5 Å². The van der Waals surface area contributed by atoms with Crippen LogP contribution in [0.3, 0.4) is 0 Å². The number of hydrogen-bond acceptors (Lipinski definition) is 4. The summed E-state index contributed by atoms with van der Waals surface area (Å²) in [4.78, 5) is 0. The lowest BCUT2D eigenvalue weighted by molar-refractivity contribution is -0.0500. The van der Waals surface area contributed by atoms with Gasteiger partial charge in [0.15, 0.2) is 0 Å². The molecule has 1 N–H and O–H groups in total. The molecule has 3 aromatic carbocycles. The van der Waals surface area contributed by atoms with Crippen LogP contribution in [0.25, 0.3) is 21.5 Å². The van der Waals surface area contributed by atoms with Crippen molar-refractivity contribution in [1.29, 1.82) is 0 Å². The number of benzene rings is 3. The van der Waals surface area contributed by atoms with Crippen molar-refractivity contribution in [2.24, 2.45) is 0 Å². The van der Waals surface area contributed by atoms with Gasteiger partial charge in [-0.25, -0.2) is 0 Å². The van der Waals surface area contributed by atoms with Gasteiger partial charge in [-0.2, -0.15) is 21.6 Å². The predicted octanol–water partition coefficient (Wildman–Crippen LogP) is 4.19. The Bertz CT molecular complexity index is 1110. The van der Waals surface area contributed by atoms with Gasteiger partial charge < -0.3 is 9.50 Å². The van der Waals surface area contributed by atoms with Crippen molar-refractivity contribution in [3.05, 3.63) is 48.0 Å². The van der Waals surface area contributed by atoms with Gasteiger partial charge in [-0.3, -0.25) is 0 Å². The van der Waals surface area contributed by atoms with Crippen molar-refractivity contribution in [1.82, 2.24) is 0 Å². The Kier molecular flexibility index (Phi) is 3.37. The fourth-order valence-electron chi connectivity index (χ4n) is 3.18. The summed E-state index contributed by atoms with van der Waals surface area (Å²) in [7, 11) is -5.72. The second kappa shape index (κ2) is 5.26. The fourth-order valence-corrected chi connectivity index (χ4v) is 3.66. The Balaban J connectivity index is 2.01. The summed E-state index contributed by atoms with van der Waals surface area (Å²) < 4.78 is 65.5. The highest BCUT2D eigenvalue weighted by atomic mass is 32.2. The molecule has 0 unspecified atom stereocenters. The number of anilines is 1. The zero-order valence-corrected chi connectivity index (χ0v) is 13.5. The van der Waals surface area contributed by atoms with E-state index in [4.69, 9.17) is 0 Å². The van der Waals surface area contributed by atoms with Crippen LogP contribution in [-0.4, -0.2) is 20.5 Å². The highest BCUT2D eigenvalue weighted by molar-refractivity contribution is 7.88. The molecule has 1 heterocycles. The Labute approximate surface area is 141 Å². The van der Waals surface area contributed by atoms with E-state index >= 15 is 0 Å². The zero-order valence-electron chi connectivity index (χ0n) is 12.7. The second-order valence-electron chi connectivity index (χ2n) is 5.77. The summed E-state index contributed by atoms with van der Waals surface area (Å²) in [5.41, 5.74) is -4.41. The zero-order chi connectivity index (χ0) is 17.8. The third-order valence-corrected chi connectivity index (χ3v) is 5.24. The van der Waals surface area contributed by atoms with Crippen molar-refractivity contribution in [2.75, 3.05) is 11.9 Å². The highest BCUT2D eigenvalue weighted by Crippen LogP contribution is 2.42. The maximum Gasteiger partial charge on any atom is 0.534 e. The van der Waals surface area contributed by atoms with Gasteiger partial charge in [-0.15, -0.1) is 0 Å². The topological polar surface area (TPSA) is 55.4 Å². The van der Waals surface area contributed by atoms with Gasteiger partial charge in [-0.05, 0) is 28.6 Å². The molecule has 0 saturated heterocycles. The van der Waals surface area contributed by atoms with Crippen LogP contribution < -0.4 is 9.50 Å². The second-order valence-corrected chi connectivity index (χ2v) is 7.31. The van der Waals surface area contributed by atoms with Crippen molar-refractivity contribution in [3.8, 4) is 5.75 Å². The standard InChI is InChI=1S/C17H12F3NO3S/c18-17(19,20)25(22,23)24-15-9-14-11-4-2-1-3-10(11)5-6-12(14)16-13(15)7-8-21-16/h1-6,9,21H,7-8H2. The summed E-state index contributed by atoms with van der Waals surface area (Å²) >= 11 is 0. The first-order valence-electron chi connectivity index (χ1n) is 7.50. The number of rotatable bonds is 2. The molecule has 1 aliphatic rings. The quantitative estimate of drug-likeness (QED) is 0.419. The van der Waals surface area contributed by atoms with E-state index in [0.29, 0.717) is 29.6 Å². The lowest BCUT2D eigenvalue weighted by atomic mass is 9.98. The SMILES string of the molecule is O=S(=O)(Oc1cc2c(ccc3ccccc32)c2c1CCN2)C(F)(F)F. The number of fused-ring (bicyclic) bond motifs is 5. The van der Waals surface area contributed by atoms with Gasteiger partial charge in [-0.1, -0.05) is 36.4 Å². The molecule has 1 aliphatic heterocycles. The lowest BCUT2D eigenvalue weighted by Gasteiger charge is -2.15. The van der Waals surface area contributed by atoms with E-state index in [2.05, 4.69) is 9.50 Å². The van der Waals surface area contributed by atoms with Crippen LogP contribution in [0.4, 0.5) is 18.9 Å². The van der Waals surface area contributed by atoms with E-state index in [1.165, 1.54) is 6.07 Å². The van der Waals surface area contributed by atoms with E-state index in [9.17, 15) is 21.6 Å². The minimum Gasteiger partial charge on any atom is -0.384 e. The molecule has 0 atom stereocenters. The molecular weight excluding hydrogens is 355 g/mol. The molecule has 0 aromatic heterocycles. The van der Waals surface area contributed by atoms with Crippen LogP contribution in [0.2, 0.25) is 0 Å². The number of alkyl halides is 3. The number of nitrogens with one attached hydrogen (secondary N) is 1. The minimum absolute atomic E-state index is 0.277. The smallest absolute Gasteiger partial charge is 0.384 e. The lowest BCUT2D eigenvalue weighted by Crippen LogP contribution is -2.28. The fraction of sp³-hybridized carbons (Fsp3) is 0.176. The van der Waals surface area contributed by atoms with Crippen LogP contribution in [0.5, 0.6) is 5.75 Å². The van der Waals surface area contributed by atoms with Gasteiger partial charge in [0.2, 0.25) is 0 Å². The molecule has 0 bridgehead atoms. The predicted molar refractivity (Wildman–Crippen MR) is 89.3 cm³/mol. The molecule has 0 radical (unpaired) electrons. The van der Waals surface area contributed by atoms with Gasteiger partial charge in [0.25, 0.3) is 0 Å². The average Bonchev–Trinajstić information content (AvgIpc) is 3.03. The van der Waals surface area contributed by atoms with Gasteiger partial charge in [0.1, 0.15) is 5.75 Å². The van der Waals surface area contributed by atoms with Crippen molar-refractivity contribution in [3.63, 3.8) is 0 Å². The molecular formula is C17H12F3NO3S. The van der Waals surface area contributed by atoms with Crippen LogP contribution in [-0.2, 0) is 16.5 Å². The van der Waals surface area contributed by atoms with Crippen LogP contribution in [0.1, 0.15) is 5.56 Å². The molecule has 0 amide bonds. The van der Waals surface area contributed by atoms with E-state index in [1.807, 2.05) is 36.4 Å². The molecule has 25 heavy (non-hydrogen) atoms. The third kappa shape index (κ3) is 2.48. The summed E-state index contributed by atoms with van der Waals surface area (Å²) in [5.74, 6) is -0.277. The number of hydrogen-bond donors (Lipinski definition) is 1. The monoisotopic (exact) mass is 367 g/mol. The van der Waals surface area contributed by atoms with Crippen molar-refractivity contribution < 1.29 is 25.8 Å². The van der Waals surface area contributed by atoms with Crippen molar-refractivity contribution in [2.45, 2.75) is 11.9 Å².